The van der Waals surface area contributed by atoms with Crippen molar-refractivity contribution >= 4 is 46.0 Å². The van der Waals surface area contributed by atoms with Gasteiger partial charge in [0.1, 0.15) is 0 Å². The zero-order chi connectivity index (χ0) is 38.2. The van der Waals surface area contributed by atoms with Crippen LogP contribution in [-0.2, 0) is 32.9 Å². The molecular formula is C47H47IrN3OSi-2. The van der Waals surface area contributed by atoms with Crippen LogP contribution in [-0.4, -0.2) is 22.6 Å². The number of furan rings is 1. The maximum absolute atomic E-state index is 8.57. The third-order valence-electron chi connectivity index (χ3n) is 9.15. The van der Waals surface area contributed by atoms with E-state index >= 15 is 0 Å². The number of rotatable bonds is 8. The first kappa shape index (κ1) is 35.4. The van der Waals surface area contributed by atoms with Gasteiger partial charge < -0.3 is 14.0 Å². The second-order valence-electron chi connectivity index (χ2n) is 15.2. The summed E-state index contributed by atoms with van der Waals surface area (Å²) in [5, 5.41) is 4.63. The van der Waals surface area contributed by atoms with Gasteiger partial charge in [-0.2, -0.15) is 0 Å². The van der Waals surface area contributed by atoms with Crippen LogP contribution in [0.1, 0.15) is 41.6 Å². The van der Waals surface area contributed by atoms with E-state index in [0.717, 1.165) is 56.6 Å². The van der Waals surface area contributed by atoms with Crippen molar-refractivity contribution < 1.29 is 27.3 Å². The van der Waals surface area contributed by atoms with Crippen LogP contribution in [0.3, 0.4) is 0 Å². The normalized spacial score (nSPS) is 12.5. The van der Waals surface area contributed by atoms with Crippen LogP contribution in [0.5, 0.6) is 0 Å². The molecule has 3 heterocycles. The number of aromatic nitrogens is 3. The van der Waals surface area contributed by atoms with Gasteiger partial charge in [-0.25, -0.2) is 0 Å². The summed E-state index contributed by atoms with van der Waals surface area (Å²) >= 11 is 0. The summed E-state index contributed by atoms with van der Waals surface area (Å²) < 4.78 is 25.1. The third kappa shape index (κ3) is 8.46. The number of imidazole rings is 1. The van der Waals surface area contributed by atoms with Crippen LogP contribution in [0.2, 0.25) is 19.6 Å². The first-order valence-corrected chi connectivity index (χ1v) is 21.7. The van der Waals surface area contributed by atoms with E-state index in [9.17, 15) is 0 Å². The molecule has 3 aromatic heterocycles. The Balaban J connectivity index is 0.000000211. The van der Waals surface area contributed by atoms with E-state index in [1.165, 1.54) is 16.1 Å². The summed E-state index contributed by atoms with van der Waals surface area (Å²) in [6.45, 7) is 15.5. The van der Waals surface area contributed by atoms with Crippen molar-refractivity contribution in [3.05, 3.63) is 145 Å². The van der Waals surface area contributed by atoms with Gasteiger partial charge >= 0.3 is 0 Å². The zero-order valence-corrected chi connectivity index (χ0v) is 34.9. The van der Waals surface area contributed by atoms with Crippen molar-refractivity contribution in [1.82, 2.24) is 14.5 Å². The molecule has 1 radical (unpaired) electrons. The average molecular weight is 892 g/mol. The quantitative estimate of drug-likeness (QED) is 0.113. The minimum Gasteiger partial charge on any atom is -0.557 e. The van der Waals surface area contributed by atoms with Crippen LogP contribution in [0, 0.1) is 24.2 Å². The Morgan fingerprint density at radius 3 is 2.30 bits per heavy atom. The second-order valence-corrected chi connectivity index (χ2v) is 20.3. The van der Waals surface area contributed by atoms with Gasteiger partial charge in [-0.1, -0.05) is 136 Å². The smallest absolute Gasteiger partial charge is 0.0798 e. The minimum atomic E-state index is -1.46. The Morgan fingerprint density at radius 1 is 0.811 bits per heavy atom. The fraction of sp³-hybridized carbons (Fsp3) is 0.234. The molecule has 0 saturated heterocycles. The Kier molecular flexibility index (Phi) is 10.8. The van der Waals surface area contributed by atoms with E-state index in [1.807, 2.05) is 74.5 Å². The van der Waals surface area contributed by atoms with E-state index in [4.69, 9.17) is 12.1 Å². The van der Waals surface area contributed by atoms with Crippen molar-refractivity contribution in [1.29, 1.82) is 0 Å². The second kappa shape index (κ2) is 16.2. The molecule has 0 saturated carbocycles. The van der Waals surface area contributed by atoms with Crippen LogP contribution in [0.15, 0.2) is 126 Å². The van der Waals surface area contributed by atoms with Gasteiger partial charge in [-0.05, 0) is 70.5 Å². The van der Waals surface area contributed by atoms with Gasteiger partial charge in [0.05, 0.1) is 24.9 Å². The number of benzene rings is 5. The van der Waals surface area contributed by atoms with Crippen LogP contribution < -0.4 is 5.19 Å². The van der Waals surface area contributed by atoms with Crippen molar-refractivity contribution in [2.45, 2.75) is 60.1 Å². The van der Waals surface area contributed by atoms with Gasteiger partial charge in [0.25, 0.3) is 0 Å². The maximum atomic E-state index is 8.57. The molecule has 8 aromatic rings. The predicted octanol–water partition coefficient (Wildman–Crippen LogP) is 11.9. The molecule has 0 N–H and O–H groups in total. The SMILES string of the molecule is CC(C)Cc1cc(-c2[c-]cccc2)ncc1[Si](C)(C)C.[2H]C([2H])(c1ccc2o[c-]c(-c3nc4ccccc4n3-c3ccc4ccccc4c3)c2c1)C(C)C.[Ir]. The number of nitrogens with zero attached hydrogens (tertiary/aromatic N) is 3. The number of hydrogen-bond acceptors (Lipinski definition) is 3. The number of pyridine rings is 1. The monoisotopic (exact) mass is 892 g/mol. The Labute approximate surface area is 331 Å². The molecule has 0 aliphatic carbocycles. The number of fused-ring (bicyclic) bond motifs is 3. The zero-order valence-electron chi connectivity index (χ0n) is 33.5. The molecule has 5 aromatic carbocycles. The standard InChI is InChI=1S/C29H23N2O.C18H24NSi.Ir/c1-19(2)15-20-11-14-28-24(16-20)25(18-32-28)29-30-26-9-5-6-10-27(26)31(29)23-13-12-21-7-3-4-8-22(21)17-23;1-14(2)11-16-12-17(15-9-7-6-8-10-15)19-13-18(16)20(3,4)5;/h3-14,16-17,19H,15H2,1-2H3;6-9,12-14H,11H2,1-5H3;/q2*-1;/i15D2;;. The fourth-order valence-electron chi connectivity index (χ4n) is 6.82. The van der Waals surface area contributed by atoms with Crippen LogP contribution >= 0.6 is 0 Å². The Morgan fingerprint density at radius 2 is 1.57 bits per heavy atom. The Hall–Kier alpha value is -4.61. The topological polar surface area (TPSA) is 43.9 Å². The molecule has 0 bridgehead atoms. The van der Waals surface area contributed by atoms with Crippen molar-refractivity contribution in [3.63, 3.8) is 0 Å². The van der Waals surface area contributed by atoms with Gasteiger partial charge in [-0.3, -0.25) is 4.98 Å². The molecule has 8 rings (SSSR count). The molecule has 0 spiro atoms. The van der Waals surface area contributed by atoms with Crippen molar-refractivity contribution in [3.8, 4) is 28.3 Å². The van der Waals surface area contributed by atoms with E-state index in [1.54, 1.807) is 6.07 Å². The molecule has 271 valence electrons. The van der Waals surface area contributed by atoms with E-state index in [-0.39, 0.29) is 26.0 Å². The average Bonchev–Trinajstić information content (AvgIpc) is 3.76. The van der Waals surface area contributed by atoms with Crippen LogP contribution in [0.25, 0.3) is 61.1 Å². The molecule has 0 fully saturated rings. The molecule has 0 amide bonds. The van der Waals surface area contributed by atoms with Gasteiger partial charge in [0.2, 0.25) is 0 Å². The van der Waals surface area contributed by atoms with Gasteiger partial charge in [0.15, 0.2) is 0 Å². The number of para-hydroxylation sites is 2. The molecule has 6 heteroatoms. The third-order valence-corrected chi connectivity index (χ3v) is 11.2. The number of hydrogen-bond donors (Lipinski definition) is 0. The Bertz CT molecular complexity index is 2570. The van der Waals surface area contributed by atoms with E-state index in [2.05, 4.69) is 110 Å². The summed E-state index contributed by atoms with van der Waals surface area (Å²) in [4.78, 5) is 9.65. The molecule has 4 nitrogen and oxygen atoms in total. The summed E-state index contributed by atoms with van der Waals surface area (Å²) in [7, 11) is -1.34. The summed E-state index contributed by atoms with van der Waals surface area (Å²) in [5.74, 6) is 1.23. The van der Waals surface area contributed by atoms with E-state index < -0.39 is 14.4 Å². The summed E-state index contributed by atoms with van der Waals surface area (Å²) in [6.07, 6.45) is 4.85. The molecule has 53 heavy (non-hydrogen) atoms. The summed E-state index contributed by atoms with van der Waals surface area (Å²) in [6, 6.07) is 41.9. The maximum Gasteiger partial charge on any atom is 0.0798 e. The fourth-order valence-corrected chi connectivity index (χ4v) is 8.41. The first-order chi connectivity index (χ1) is 25.8. The minimum absolute atomic E-state index is 0. The van der Waals surface area contributed by atoms with E-state index in [0.29, 0.717) is 17.1 Å². The summed E-state index contributed by atoms with van der Waals surface area (Å²) in [5.41, 5.74) is 8.48. The van der Waals surface area contributed by atoms with Crippen molar-refractivity contribution in [2.24, 2.45) is 11.8 Å². The molecule has 0 aliphatic heterocycles. The van der Waals surface area contributed by atoms with Gasteiger partial charge in [0, 0.05) is 46.6 Å². The van der Waals surface area contributed by atoms with Gasteiger partial charge in [-0.15, -0.1) is 35.9 Å². The van der Waals surface area contributed by atoms with Crippen LogP contribution in [0.4, 0.5) is 0 Å². The van der Waals surface area contributed by atoms with Crippen molar-refractivity contribution in [2.75, 3.05) is 0 Å². The molecular weight excluding hydrogens is 843 g/mol. The molecule has 0 aliphatic rings. The first-order valence-electron chi connectivity index (χ1n) is 19.2. The predicted molar refractivity (Wildman–Crippen MR) is 221 cm³/mol. The largest absolute Gasteiger partial charge is 0.557 e. The molecule has 0 atom stereocenters. The molecule has 0 unspecified atom stereocenters.